The Balaban J connectivity index is 1.37. The maximum atomic E-state index is 6.19. The number of hydrogen-bond acceptors (Lipinski definition) is 4. The highest BCUT2D eigenvalue weighted by Crippen LogP contribution is 2.31. The summed E-state index contributed by atoms with van der Waals surface area (Å²) in [7, 11) is 1.99. The first-order chi connectivity index (χ1) is 10.8. The Hall–Kier alpha value is -0.910. The summed E-state index contributed by atoms with van der Waals surface area (Å²) < 4.78 is 8.08. The maximum absolute atomic E-state index is 6.19. The van der Waals surface area contributed by atoms with Crippen molar-refractivity contribution in [1.82, 2.24) is 19.6 Å². The summed E-state index contributed by atoms with van der Waals surface area (Å²) in [4.78, 5) is 5.27. The van der Waals surface area contributed by atoms with Crippen molar-refractivity contribution in [3.63, 3.8) is 0 Å². The van der Waals surface area contributed by atoms with E-state index in [9.17, 15) is 0 Å². The van der Waals surface area contributed by atoms with Gasteiger partial charge in [0, 0.05) is 63.5 Å². The van der Waals surface area contributed by atoms with E-state index in [0.29, 0.717) is 12.0 Å². The van der Waals surface area contributed by atoms with Crippen LogP contribution in [0.15, 0.2) is 12.4 Å². The van der Waals surface area contributed by atoms with Crippen LogP contribution in [0.1, 0.15) is 31.2 Å². The molecule has 2 atom stereocenters. The molecular formula is C17H28N4O. The van der Waals surface area contributed by atoms with Crippen LogP contribution in [0.5, 0.6) is 0 Å². The third kappa shape index (κ3) is 3.07. The molecule has 22 heavy (non-hydrogen) atoms. The lowest BCUT2D eigenvalue weighted by Crippen LogP contribution is -2.34. The zero-order valence-electron chi connectivity index (χ0n) is 13.7. The predicted octanol–water partition coefficient (Wildman–Crippen LogP) is 1.50. The number of nitrogens with zero attached hydrogens (tertiary/aromatic N) is 4. The van der Waals surface area contributed by atoms with E-state index in [4.69, 9.17) is 4.74 Å². The third-order valence-electron chi connectivity index (χ3n) is 5.65. The van der Waals surface area contributed by atoms with Gasteiger partial charge in [-0.05, 0) is 12.8 Å². The van der Waals surface area contributed by atoms with Gasteiger partial charge in [-0.2, -0.15) is 5.10 Å². The molecule has 0 unspecified atom stereocenters. The normalized spacial score (nSPS) is 31.5. The second kappa shape index (κ2) is 6.30. The predicted molar refractivity (Wildman–Crippen MR) is 85.5 cm³/mol. The van der Waals surface area contributed by atoms with Gasteiger partial charge in [0.2, 0.25) is 0 Å². The Bertz CT molecular complexity index is 497. The second-order valence-corrected chi connectivity index (χ2v) is 7.32. The molecule has 0 N–H and O–H groups in total. The van der Waals surface area contributed by atoms with Gasteiger partial charge in [-0.1, -0.05) is 12.8 Å². The Morgan fingerprint density at radius 1 is 1.23 bits per heavy atom. The van der Waals surface area contributed by atoms with E-state index < -0.39 is 0 Å². The first-order valence-electron chi connectivity index (χ1n) is 8.83. The quantitative estimate of drug-likeness (QED) is 0.847. The minimum Gasteiger partial charge on any atom is -0.375 e. The van der Waals surface area contributed by atoms with E-state index in [0.717, 1.165) is 32.3 Å². The summed E-state index contributed by atoms with van der Waals surface area (Å²) in [6, 6.07) is 0.835. The van der Waals surface area contributed by atoms with Crippen molar-refractivity contribution in [1.29, 1.82) is 0 Å². The zero-order valence-corrected chi connectivity index (χ0v) is 13.7. The molecule has 0 aromatic carbocycles. The number of likely N-dealkylation sites (tertiary alicyclic amines) is 1. The van der Waals surface area contributed by atoms with Crippen LogP contribution in [-0.2, 0) is 18.3 Å². The Kier molecular flexibility index (Phi) is 4.20. The number of aromatic nitrogens is 2. The van der Waals surface area contributed by atoms with E-state index in [1.807, 2.05) is 17.9 Å². The zero-order chi connectivity index (χ0) is 14.9. The van der Waals surface area contributed by atoms with E-state index in [1.165, 1.54) is 44.3 Å². The van der Waals surface area contributed by atoms with Gasteiger partial charge in [0.15, 0.2) is 0 Å². The van der Waals surface area contributed by atoms with Gasteiger partial charge in [0.25, 0.3) is 0 Å². The van der Waals surface area contributed by atoms with E-state index in [-0.39, 0.29) is 0 Å². The summed E-state index contributed by atoms with van der Waals surface area (Å²) in [5.74, 6) is 0.680. The SMILES string of the molecule is Cn1cc(CN2CCO[C@@H]3CN(C4CCCC4)C[C@@H]3C2)cn1. The smallest absolute Gasteiger partial charge is 0.0755 e. The first kappa shape index (κ1) is 14.7. The second-order valence-electron chi connectivity index (χ2n) is 7.32. The van der Waals surface area contributed by atoms with Gasteiger partial charge in [-0.15, -0.1) is 0 Å². The van der Waals surface area contributed by atoms with E-state index >= 15 is 0 Å². The van der Waals surface area contributed by atoms with Crippen LogP contribution < -0.4 is 0 Å². The Morgan fingerprint density at radius 2 is 2.09 bits per heavy atom. The lowest BCUT2D eigenvalue weighted by molar-refractivity contribution is 0.0487. The van der Waals surface area contributed by atoms with E-state index in [1.54, 1.807) is 0 Å². The summed E-state index contributed by atoms with van der Waals surface area (Å²) >= 11 is 0. The summed E-state index contributed by atoms with van der Waals surface area (Å²) in [5, 5.41) is 4.29. The van der Waals surface area contributed by atoms with Gasteiger partial charge in [0.1, 0.15) is 0 Å². The minimum atomic E-state index is 0.458. The summed E-state index contributed by atoms with van der Waals surface area (Å²) in [6.45, 7) is 6.49. The fraction of sp³-hybridized carbons (Fsp3) is 0.824. The molecule has 3 heterocycles. The van der Waals surface area contributed by atoms with E-state index in [2.05, 4.69) is 21.1 Å². The lowest BCUT2D eigenvalue weighted by atomic mass is 10.1. The number of fused-ring (bicyclic) bond motifs is 1. The van der Waals surface area contributed by atoms with Crippen LogP contribution in [0.2, 0.25) is 0 Å². The maximum Gasteiger partial charge on any atom is 0.0755 e. The average molecular weight is 304 g/mol. The van der Waals surface area contributed by atoms with Crippen LogP contribution in [0.4, 0.5) is 0 Å². The molecule has 2 saturated heterocycles. The number of rotatable bonds is 3. The summed E-state index contributed by atoms with van der Waals surface area (Å²) in [6.07, 6.45) is 10.2. The van der Waals surface area contributed by atoms with Crippen molar-refractivity contribution >= 4 is 0 Å². The molecule has 122 valence electrons. The molecule has 2 aliphatic heterocycles. The highest BCUT2D eigenvalue weighted by molar-refractivity contribution is 5.04. The molecular weight excluding hydrogens is 276 g/mol. The molecule has 1 aromatic rings. The number of hydrogen-bond donors (Lipinski definition) is 0. The van der Waals surface area contributed by atoms with Crippen molar-refractivity contribution in [2.45, 2.75) is 44.4 Å². The topological polar surface area (TPSA) is 33.5 Å². The number of aryl methyl sites for hydroxylation is 1. The third-order valence-corrected chi connectivity index (χ3v) is 5.65. The van der Waals surface area contributed by atoms with Gasteiger partial charge in [-0.3, -0.25) is 14.5 Å². The van der Waals surface area contributed by atoms with Crippen molar-refractivity contribution < 1.29 is 4.74 Å². The van der Waals surface area contributed by atoms with Gasteiger partial charge in [-0.25, -0.2) is 0 Å². The highest BCUT2D eigenvalue weighted by atomic mass is 16.5. The highest BCUT2D eigenvalue weighted by Gasteiger charge is 2.39. The average Bonchev–Trinajstić information content (AvgIpc) is 3.20. The van der Waals surface area contributed by atoms with Crippen molar-refractivity contribution in [3.8, 4) is 0 Å². The molecule has 0 radical (unpaired) electrons. The molecule has 3 aliphatic rings. The Morgan fingerprint density at radius 3 is 2.86 bits per heavy atom. The molecule has 1 saturated carbocycles. The van der Waals surface area contributed by atoms with Crippen LogP contribution in [0, 0.1) is 5.92 Å². The molecule has 5 heteroatoms. The van der Waals surface area contributed by atoms with Crippen LogP contribution in [0.3, 0.4) is 0 Å². The molecule has 1 aromatic heterocycles. The monoisotopic (exact) mass is 304 g/mol. The molecule has 3 fully saturated rings. The molecule has 1 aliphatic carbocycles. The largest absolute Gasteiger partial charge is 0.375 e. The minimum absolute atomic E-state index is 0.458. The first-order valence-corrected chi connectivity index (χ1v) is 8.83. The molecule has 0 amide bonds. The van der Waals surface area contributed by atoms with Crippen LogP contribution >= 0.6 is 0 Å². The van der Waals surface area contributed by atoms with Gasteiger partial charge < -0.3 is 4.74 Å². The standard InChI is InChI=1S/C17H28N4O/c1-19-9-14(8-18-19)10-20-6-7-22-17-13-21(12-15(17)11-20)16-4-2-3-5-16/h8-9,15-17H,2-7,10-13H2,1H3/t15-,17+/m0/s1. The fourth-order valence-electron chi connectivity index (χ4n) is 4.52. The van der Waals surface area contributed by atoms with Crippen molar-refractivity contribution in [2.24, 2.45) is 13.0 Å². The van der Waals surface area contributed by atoms with Crippen LogP contribution in [0.25, 0.3) is 0 Å². The molecule has 5 nitrogen and oxygen atoms in total. The summed E-state index contributed by atoms with van der Waals surface area (Å²) in [5.41, 5.74) is 1.31. The fourth-order valence-corrected chi connectivity index (χ4v) is 4.52. The van der Waals surface area contributed by atoms with Crippen LogP contribution in [-0.4, -0.2) is 64.5 Å². The molecule has 0 bridgehead atoms. The Labute approximate surface area is 133 Å². The van der Waals surface area contributed by atoms with Gasteiger partial charge >= 0.3 is 0 Å². The van der Waals surface area contributed by atoms with Crippen molar-refractivity contribution in [2.75, 3.05) is 32.8 Å². The van der Waals surface area contributed by atoms with Gasteiger partial charge in [0.05, 0.1) is 18.9 Å². The lowest BCUT2D eigenvalue weighted by Gasteiger charge is -2.25. The molecule has 0 spiro atoms. The van der Waals surface area contributed by atoms with Crippen molar-refractivity contribution in [3.05, 3.63) is 18.0 Å². The molecule has 4 rings (SSSR count). The number of ether oxygens (including phenoxy) is 1.